The molecule has 0 unspecified atom stereocenters. The normalized spacial score (nSPS) is 15.7. The lowest BCUT2D eigenvalue weighted by Gasteiger charge is -2.32. The molecule has 3 amide bonds. The number of hydrogen-bond donors (Lipinski definition) is 3. The number of carbonyl (C=O) groups excluding carboxylic acids is 3. The summed E-state index contributed by atoms with van der Waals surface area (Å²) >= 11 is 0.755. The number of nitrogens with one attached hydrogen (secondary N) is 1. The Hall–Kier alpha value is -4.19. The van der Waals surface area contributed by atoms with Crippen molar-refractivity contribution in [1.82, 2.24) is 14.7 Å². The van der Waals surface area contributed by atoms with Gasteiger partial charge in [-0.05, 0) is 54.2 Å². The Morgan fingerprint density at radius 2 is 1.76 bits per heavy atom. The number of carbonyl (C=O) groups is 3. The fraction of sp³-hybridized carbons (Fsp3) is 0.320. The van der Waals surface area contributed by atoms with E-state index in [0.717, 1.165) is 37.2 Å². The van der Waals surface area contributed by atoms with Crippen LogP contribution in [-0.2, 0) is 4.79 Å². The van der Waals surface area contributed by atoms with Crippen molar-refractivity contribution in [3.63, 3.8) is 0 Å². The molecule has 5 rings (SSSR count). The monoisotopic (exact) mass is 522 g/mol. The summed E-state index contributed by atoms with van der Waals surface area (Å²) in [6.07, 6.45) is 6.92. The van der Waals surface area contributed by atoms with E-state index in [1.807, 2.05) is 0 Å². The number of nitrogen functional groups attached to an aromatic ring is 1. The highest BCUT2D eigenvalue weighted by molar-refractivity contribution is 7.09. The van der Waals surface area contributed by atoms with Crippen LogP contribution in [0.1, 0.15) is 57.4 Å². The van der Waals surface area contributed by atoms with Crippen LogP contribution < -0.4 is 31.2 Å². The molecule has 1 aliphatic heterocycles. The van der Waals surface area contributed by atoms with Gasteiger partial charge in [-0.25, -0.2) is 0 Å². The van der Waals surface area contributed by atoms with Crippen LogP contribution in [0.5, 0.6) is 11.5 Å². The summed E-state index contributed by atoms with van der Waals surface area (Å²) < 4.78 is 15.4. The smallest absolute Gasteiger partial charge is 0.273 e. The Morgan fingerprint density at radius 3 is 2.43 bits per heavy atom. The topological polar surface area (TPSA) is 163 Å². The lowest BCUT2D eigenvalue weighted by Crippen LogP contribution is -2.46. The van der Waals surface area contributed by atoms with Gasteiger partial charge in [0.2, 0.25) is 5.91 Å². The number of hydrogen-bond acceptors (Lipinski definition) is 9. The molecule has 192 valence electrons. The molecule has 37 heavy (non-hydrogen) atoms. The van der Waals surface area contributed by atoms with E-state index >= 15 is 0 Å². The molecule has 1 aromatic carbocycles. The number of nitrogens with zero attached hydrogens (tertiary/aromatic N) is 3. The highest BCUT2D eigenvalue weighted by atomic mass is 32.1. The van der Waals surface area contributed by atoms with Gasteiger partial charge in [0.25, 0.3) is 11.8 Å². The lowest BCUT2D eigenvalue weighted by molar-refractivity contribution is -0.123. The van der Waals surface area contributed by atoms with Gasteiger partial charge in [-0.2, -0.15) is 4.37 Å². The molecule has 12 heteroatoms. The van der Waals surface area contributed by atoms with E-state index in [1.165, 1.54) is 4.90 Å². The van der Waals surface area contributed by atoms with Crippen LogP contribution in [0, 0.1) is 0 Å². The molecular formula is C25H26N6O5S. The average Bonchev–Trinajstić information content (AvgIpc) is 3.56. The molecule has 1 aliphatic carbocycles. The van der Waals surface area contributed by atoms with Crippen molar-refractivity contribution in [1.29, 1.82) is 0 Å². The number of rotatable bonds is 7. The number of amides is 3. The second kappa shape index (κ2) is 10.4. The molecule has 2 aromatic heterocycles. The average molecular weight is 523 g/mol. The van der Waals surface area contributed by atoms with Crippen molar-refractivity contribution in [3.8, 4) is 11.5 Å². The zero-order valence-corrected chi connectivity index (χ0v) is 20.7. The number of nitrogens with two attached hydrogens (primary N) is 2. The minimum Gasteiger partial charge on any atom is -0.486 e. The summed E-state index contributed by atoms with van der Waals surface area (Å²) in [5.74, 6) is -0.821. The maximum absolute atomic E-state index is 14.1. The quantitative estimate of drug-likeness (QED) is 0.426. The minimum atomic E-state index is -1.07. The molecule has 0 saturated heterocycles. The summed E-state index contributed by atoms with van der Waals surface area (Å²) in [4.78, 5) is 45.1. The van der Waals surface area contributed by atoms with Crippen LogP contribution >= 0.6 is 11.5 Å². The van der Waals surface area contributed by atoms with Crippen molar-refractivity contribution in [2.45, 2.75) is 37.8 Å². The number of anilines is 2. The second-order valence-corrected chi connectivity index (χ2v) is 9.59. The minimum absolute atomic E-state index is 0.00332. The number of benzene rings is 1. The number of pyridine rings is 1. The first kappa shape index (κ1) is 24.5. The van der Waals surface area contributed by atoms with Crippen molar-refractivity contribution >= 4 is 40.6 Å². The third kappa shape index (κ3) is 4.92. The van der Waals surface area contributed by atoms with Gasteiger partial charge < -0.3 is 26.3 Å². The number of ether oxygens (including phenoxy) is 2. The molecule has 11 nitrogen and oxygen atoms in total. The van der Waals surface area contributed by atoms with Crippen molar-refractivity contribution in [2.24, 2.45) is 5.73 Å². The molecular weight excluding hydrogens is 496 g/mol. The van der Waals surface area contributed by atoms with Gasteiger partial charge in [-0.15, -0.1) is 0 Å². The van der Waals surface area contributed by atoms with E-state index in [-0.39, 0.29) is 28.2 Å². The third-order valence-corrected chi connectivity index (χ3v) is 7.26. The van der Waals surface area contributed by atoms with Gasteiger partial charge in [0.15, 0.2) is 17.2 Å². The number of aromatic nitrogens is 2. The highest BCUT2D eigenvalue weighted by Gasteiger charge is 2.37. The first-order valence-corrected chi connectivity index (χ1v) is 12.7. The summed E-state index contributed by atoms with van der Waals surface area (Å²) in [6, 6.07) is 7.32. The van der Waals surface area contributed by atoms with Crippen LogP contribution in [0.15, 0.2) is 42.7 Å². The first-order valence-electron chi connectivity index (χ1n) is 11.9. The Balaban J connectivity index is 1.63. The highest BCUT2D eigenvalue weighted by Crippen LogP contribution is 2.39. The van der Waals surface area contributed by atoms with E-state index in [4.69, 9.17) is 20.9 Å². The zero-order valence-electron chi connectivity index (χ0n) is 19.9. The number of fused-ring (bicyclic) bond motifs is 1. The van der Waals surface area contributed by atoms with E-state index < -0.39 is 17.9 Å². The van der Waals surface area contributed by atoms with E-state index in [1.54, 1.807) is 42.7 Å². The first-order chi connectivity index (χ1) is 17.9. The van der Waals surface area contributed by atoms with Crippen LogP contribution in [0.3, 0.4) is 0 Å². The molecule has 3 aromatic rings. The molecule has 5 N–H and O–H groups in total. The Labute approximate surface area is 216 Å². The van der Waals surface area contributed by atoms with Gasteiger partial charge in [0, 0.05) is 30.2 Å². The van der Waals surface area contributed by atoms with Crippen molar-refractivity contribution in [3.05, 3.63) is 58.9 Å². The SMILES string of the molecule is NC(=O)c1nsc(C(=O)N(c2ccc3c(c2)OCCO3)[C@@H](C(=O)NC2CCCC2)c2ccncc2)c1N. The van der Waals surface area contributed by atoms with Crippen LogP contribution in [0.2, 0.25) is 0 Å². The second-order valence-electron chi connectivity index (χ2n) is 8.81. The Kier molecular flexibility index (Phi) is 6.91. The molecule has 2 aliphatic rings. The van der Waals surface area contributed by atoms with E-state index in [2.05, 4.69) is 14.7 Å². The Morgan fingerprint density at radius 1 is 1.05 bits per heavy atom. The lowest BCUT2D eigenvalue weighted by atomic mass is 10.0. The van der Waals surface area contributed by atoms with E-state index in [0.29, 0.717) is 36.0 Å². The summed E-state index contributed by atoms with van der Waals surface area (Å²) in [5.41, 5.74) is 12.1. The predicted octanol–water partition coefficient (Wildman–Crippen LogP) is 2.44. The summed E-state index contributed by atoms with van der Waals surface area (Å²) in [5, 5.41) is 3.11. The molecule has 1 fully saturated rings. The summed E-state index contributed by atoms with van der Waals surface area (Å²) in [7, 11) is 0. The maximum atomic E-state index is 14.1. The maximum Gasteiger partial charge on any atom is 0.273 e. The van der Waals surface area contributed by atoms with Crippen LogP contribution in [0.25, 0.3) is 0 Å². The fourth-order valence-electron chi connectivity index (χ4n) is 4.62. The van der Waals surface area contributed by atoms with Crippen molar-refractivity contribution < 1.29 is 23.9 Å². The van der Waals surface area contributed by atoms with Gasteiger partial charge in [0.05, 0.1) is 5.69 Å². The Bertz CT molecular complexity index is 1320. The summed E-state index contributed by atoms with van der Waals surface area (Å²) in [6.45, 7) is 0.760. The molecule has 0 bridgehead atoms. The van der Waals surface area contributed by atoms with Crippen LogP contribution in [0.4, 0.5) is 11.4 Å². The molecule has 0 radical (unpaired) electrons. The largest absolute Gasteiger partial charge is 0.486 e. The molecule has 0 spiro atoms. The number of primary amides is 1. The van der Waals surface area contributed by atoms with Crippen molar-refractivity contribution in [2.75, 3.05) is 23.8 Å². The zero-order chi connectivity index (χ0) is 25.9. The van der Waals surface area contributed by atoms with Gasteiger partial charge >= 0.3 is 0 Å². The fourth-order valence-corrected chi connectivity index (χ4v) is 5.36. The van der Waals surface area contributed by atoms with Gasteiger partial charge in [-0.1, -0.05) is 12.8 Å². The molecule has 1 atom stereocenters. The standard InChI is InChI=1S/C25H26N6O5S/c26-19-20(23(27)32)30-37-22(19)25(34)31(16-5-6-17-18(13-16)36-12-11-35-17)21(14-7-9-28-10-8-14)24(33)29-15-3-1-2-4-15/h5-10,13,15,21H,1-4,11-12,26H2,(H2,27,32)(H,29,33)/t21-/m1/s1. The van der Waals surface area contributed by atoms with Gasteiger partial charge in [0.1, 0.15) is 24.1 Å². The van der Waals surface area contributed by atoms with Crippen LogP contribution in [-0.4, -0.2) is 46.3 Å². The van der Waals surface area contributed by atoms with Gasteiger partial charge in [-0.3, -0.25) is 24.3 Å². The van der Waals surface area contributed by atoms with E-state index in [9.17, 15) is 14.4 Å². The predicted molar refractivity (Wildman–Crippen MR) is 137 cm³/mol. The molecule has 3 heterocycles. The third-order valence-electron chi connectivity index (χ3n) is 6.41. The molecule has 1 saturated carbocycles.